The van der Waals surface area contributed by atoms with Crippen molar-refractivity contribution in [1.82, 2.24) is 25.4 Å². The van der Waals surface area contributed by atoms with Gasteiger partial charge >= 0.3 is 18.2 Å². The Balaban J connectivity index is 2.11. The molecule has 32 heavy (non-hydrogen) atoms. The fraction of sp³-hybridized carbons (Fsp3) is 0.421. The van der Waals surface area contributed by atoms with E-state index in [-0.39, 0.29) is 12.4 Å². The Kier molecular flexibility index (Phi) is 7.11. The number of aromatic carboxylic acids is 1. The fourth-order valence-corrected chi connectivity index (χ4v) is 2.43. The molecule has 0 aromatic carbocycles. The lowest BCUT2D eigenvalue weighted by Crippen LogP contribution is -2.46. The van der Waals surface area contributed by atoms with Crippen LogP contribution in [0.2, 0.25) is 0 Å². The molecule has 174 valence electrons. The molecule has 0 bridgehead atoms. The van der Waals surface area contributed by atoms with Gasteiger partial charge in [-0.3, -0.25) is 4.79 Å². The number of amides is 2. The van der Waals surface area contributed by atoms with Gasteiger partial charge in [-0.1, -0.05) is 0 Å². The second-order valence-corrected chi connectivity index (χ2v) is 7.74. The minimum absolute atomic E-state index is 0.0650. The van der Waals surface area contributed by atoms with Crippen molar-refractivity contribution in [1.29, 1.82) is 0 Å². The molecule has 0 aliphatic heterocycles. The van der Waals surface area contributed by atoms with Crippen molar-refractivity contribution in [2.24, 2.45) is 0 Å². The van der Waals surface area contributed by atoms with E-state index in [0.717, 1.165) is 0 Å². The molecule has 0 aliphatic rings. The molecule has 0 spiro atoms. The molecular formula is C19H22F3N5O5. The molecule has 2 amide bonds. The van der Waals surface area contributed by atoms with Crippen LogP contribution in [-0.2, 0) is 22.3 Å². The molecule has 0 saturated carbocycles. The molecule has 3 N–H and O–H groups in total. The Labute approximate surface area is 180 Å². The zero-order valence-corrected chi connectivity index (χ0v) is 17.6. The van der Waals surface area contributed by atoms with Crippen molar-refractivity contribution < 1.29 is 37.4 Å². The molecule has 2 aromatic heterocycles. The van der Waals surface area contributed by atoms with Gasteiger partial charge in [-0.2, -0.15) is 18.3 Å². The number of alkyl carbamates (subject to hydrolysis) is 1. The first-order valence-electron chi connectivity index (χ1n) is 9.30. The zero-order chi connectivity index (χ0) is 24.3. The number of carbonyl (C=O) groups is 3. The summed E-state index contributed by atoms with van der Waals surface area (Å²) in [5.41, 5.74) is -2.42. The summed E-state index contributed by atoms with van der Waals surface area (Å²) >= 11 is 0. The molecule has 2 heterocycles. The van der Waals surface area contributed by atoms with E-state index < -0.39 is 47.2 Å². The number of halogens is 3. The maximum Gasteiger partial charge on any atom is 0.435 e. The topological polar surface area (TPSA) is 135 Å². The molecule has 2 rings (SSSR count). The Hall–Kier alpha value is -3.64. The molecule has 0 fully saturated rings. The number of ether oxygens (including phenoxy) is 1. The predicted molar refractivity (Wildman–Crippen MR) is 104 cm³/mol. The van der Waals surface area contributed by atoms with Crippen molar-refractivity contribution >= 4 is 18.0 Å². The summed E-state index contributed by atoms with van der Waals surface area (Å²) in [6.45, 7) is 6.39. The van der Waals surface area contributed by atoms with E-state index in [4.69, 9.17) is 4.74 Å². The molecule has 0 radical (unpaired) electrons. The third kappa shape index (κ3) is 6.68. The van der Waals surface area contributed by atoms with Crippen LogP contribution in [0.1, 0.15) is 49.4 Å². The maximum absolute atomic E-state index is 12.9. The second-order valence-electron chi connectivity index (χ2n) is 7.74. The quantitative estimate of drug-likeness (QED) is 0.607. The third-order valence-electron chi connectivity index (χ3n) is 3.84. The fourth-order valence-electron chi connectivity index (χ4n) is 2.43. The molecule has 13 heteroatoms. The molecule has 0 saturated heterocycles. The van der Waals surface area contributed by atoms with Crippen molar-refractivity contribution in [2.45, 2.75) is 52.1 Å². The van der Waals surface area contributed by atoms with Gasteiger partial charge in [0, 0.05) is 18.8 Å². The van der Waals surface area contributed by atoms with Gasteiger partial charge < -0.3 is 20.5 Å². The number of nitrogens with one attached hydrogen (secondary N) is 2. The molecule has 2 aromatic rings. The summed E-state index contributed by atoms with van der Waals surface area (Å²) in [4.78, 5) is 39.2. The largest absolute Gasteiger partial charge is 0.477 e. The molecule has 0 unspecified atom stereocenters. The van der Waals surface area contributed by atoms with Crippen LogP contribution in [0.3, 0.4) is 0 Å². The van der Waals surface area contributed by atoms with Gasteiger partial charge in [0.05, 0.1) is 0 Å². The van der Waals surface area contributed by atoms with E-state index in [1.807, 2.05) is 0 Å². The summed E-state index contributed by atoms with van der Waals surface area (Å²) in [6, 6.07) is 2.24. The first-order valence-corrected chi connectivity index (χ1v) is 9.30. The molecular weight excluding hydrogens is 435 g/mol. The lowest BCUT2D eigenvalue weighted by Gasteiger charge is -2.21. The van der Waals surface area contributed by atoms with Crippen molar-refractivity contribution in [2.75, 3.05) is 0 Å². The van der Waals surface area contributed by atoms with Gasteiger partial charge in [0.15, 0.2) is 17.2 Å². The number of carbonyl (C=O) groups excluding carboxylic acids is 2. The Morgan fingerprint density at radius 2 is 1.88 bits per heavy atom. The van der Waals surface area contributed by atoms with E-state index in [0.29, 0.717) is 16.3 Å². The van der Waals surface area contributed by atoms with Crippen LogP contribution in [0.4, 0.5) is 18.0 Å². The highest BCUT2D eigenvalue weighted by molar-refractivity contribution is 5.86. The van der Waals surface area contributed by atoms with E-state index in [9.17, 15) is 32.7 Å². The van der Waals surface area contributed by atoms with Gasteiger partial charge in [-0.05, 0) is 45.4 Å². The Morgan fingerprint density at radius 1 is 1.22 bits per heavy atom. The monoisotopic (exact) mass is 457 g/mol. The molecule has 10 nitrogen and oxygen atoms in total. The highest BCUT2D eigenvalue weighted by Gasteiger charge is 2.36. The van der Waals surface area contributed by atoms with Gasteiger partial charge in [0.2, 0.25) is 5.91 Å². The smallest absolute Gasteiger partial charge is 0.435 e. The lowest BCUT2D eigenvalue weighted by molar-refractivity contribution is -0.141. The normalized spacial score (nSPS) is 12.7. The van der Waals surface area contributed by atoms with Crippen LogP contribution >= 0.6 is 0 Å². The summed E-state index contributed by atoms with van der Waals surface area (Å²) in [7, 11) is 0. The van der Waals surface area contributed by atoms with Crippen molar-refractivity contribution in [3.05, 3.63) is 41.3 Å². The highest BCUT2D eigenvalue weighted by Crippen LogP contribution is 2.29. The molecule has 0 aliphatic carbocycles. The van der Waals surface area contributed by atoms with Crippen LogP contribution in [0.5, 0.6) is 0 Å². The number of pyridine rings is 1. The van der Waals surface area contributed by atoms with E-state index in [1.165, 1.54) is 25.3 Å². The van der Waals surface area contributed by atoms with Crippen LogP contribution in [0, 0.1) is 0 Å². The summed E-state index contributed by atoms with van der Waals surface area (Å²) in [5, 5.41) is 17.4. The van der Waals surface area contributed by atoms with Crippen LogP contribution < -0.4 is 10.6 Å². The number of hydrogen-bond acceptors (Lipinski definition) is 6. The van der Waals surface area contributed by atoms with Crippen LogP contribution in [-0.4, -0.2) is 49.5 Å². The van der Waals surface area contributed by atoms with E-state index in [1.54, 1.807) is 20.8 Å². The highest BCUT2D eigenvalue weighted by atomic mass is 19.4. The summed E-state index contributed by atoms with van der Waals surface area (Å²) < 4.78 is 44.4. The first-order chi connectivity index (χ1) is 14.7. The number of nitrogens with zero attached hydrogens (tertiary/aromatic N) is 3. The van der Waals surface area contributed by atoms with E-state index in [2.05, 4.69) is 20.7 Å². The van der Waals surface area contributed by atoms with Crippen molar-refractivity contribution in [3.63, 3.8) is 0 Å². The van der Waals surface area contributed by atoms with Crippen LogP contribution in [0.15, 0.2) is 24.4 Å². The zero-order valence-electron chi connectivity index (χ0n) is 17.6. The van der Waals surface area contributed by atoms with Crippen LogP contribution in [0.25, 0.3) is 5.82 Å². The number of alkyl halides is 3. The van der Waals surface area contributed by atoms with Gasteiger partial charge in [-0.25, -0.2) is 19.3 Å². The number of carboxylic acid groups (broad SMARTS) is 1. The van der Waals surface area contributed by atoms with Gasteiger partial charge in [0.25, 0.3) is 0 Å². The summed E-state index contributed by atoms with van der Waals surface area (Å²) in [6.07, 6.45) is -4.37. The minimum Gasteiger partial charge on any atom is -0.477 e. The van der Waals surface area contributed by atoms with Crippen molar-refractivity contribution in [3.8, 4) is 5.82 Å². The Morgan fingerprint density at radius 3 is 2.44 bits per heavy atom. The average molecular weight is 457 g/mol. The number of hydrogen-bond donors (Lipinski definition) is 3. The number of rotatable bonds is 6. The third-order valence-corrected chi connectivity index (χ3v) is 3.84. The van der Waals surface area contributed by atoms with Gasteiger partial charge in [-0.15, -0.1) is 0 Å². The maximum atomic E-state index is 12.9. The van der Waals surface area contributed by atoms with Gasteiger partial charge in [0.1, 0.15) is 11.6 Å². The molecule has 1 atom stereocenters. The Bertz CT molecular complexity index is 1010. The second kappa shape index (κ2) is 9.24. The minimum atomic E-state index is -4.84. The SMILES string of the molecule is C[C@H](NC(=O)OC(C)(C)C)C(=O)NCc1ccnc(-n2nc(C(F)(F)F)cc2C(=O)O)c1. The first kappa shape index (κ1) is 24.6. The predicted octanol–water partition coefficient (Wildman–Crippen LogP) is 2.51. The summed E-state index contributed by atoms with van der Waals surface area (Å²) in [5.74, 6) is -2.33. The number of carboxylic acids is 1. The standard InChI is InChI=1S/C19H22F3N5O5/c1-10(25-17(31)32-18(2,3)4)15(28)24-9-11-5-6-23-14(7-11)27-12(16(29)30)8-13(26-27)19(20,21)22/h5-8,10H,9H2,1-4H3,(H,24,28)(H,25,31)(H,29,30)/t10-/m0/s1. The number of aromatic nitrogens is 3. The lowest BCUT2D eigenvalue weighted by atomic mass is 10.2. The average Bonchev–Trinajstić information content (AvgIpc) is 3.11. The van der Waals surface area contributed by atoms with E-state index >= 15 is 0 Å².